The van der Waals surface area contributed by atoms with Crippen LogP contribution in [0.15, 0.2) is 24.3 Å². The minimum absolute atomic E-state index is 0.118. The summed E-state index contributed by atoms with van der Waals surface area (Å²) in [5.74, 6) is -0.759. The highest BCUT2D eigenvalue weighted by molar-refractivity contribution is 5.83. The first-order valence-corrected chi connectivity index (χ1v) is 6.96. The van der Waals surface area contributed by atoms with Crippen LogP contribution in [0, 0.1) is 6.92 Å². The second-order valence-electron chi connectivity index (χ2n) is 5.35. The third-order valence-corrected chi connectivity index (χ3v) is 4.07. The van der Waals surface area contributed by atoms with E-state index >= 15 is 0 Å². The van der Waals surface area contributed by atoms with Crippen LogP contribution in [-0.2, 0) is 17.6 Å². The summed E-state index contributed by atoms with van der Waals surface area (Å²) in [5, 5.41) is 10.1. The average Bonchev–Trinajstić information content (AvgIpc) is 2.62. The molecule has 0 amide bonds. The quantitative estimate of drug-likeness (QED) is 0.907. The molecule has 4 heteroatoms. The zero-order chi connectivity index (χ0) is 14.1. The third kappa shape index (κ3) is 2.39. The van der Waals surface area contributed by atoms with Gasteiger partial charge in [0.15, 0.2) is 0 Å². The van der Waals surface area contributed by atoms with Crippen LogP contribution in [0.4, 0.5) is 0 Å². The zero-order valence-corrected chi connectivity index (χ0v) is 11.6. The van der Waals surface area contributed by atoms with Crippen LogP contribution in [0.2, 0.25) is 0 Å². The topological polar surface area (TPSA) is 53.4 Å². The van der Waals surface area contributed by atoms with Crippen molar-refractivity contribution in [1.82, 2.24) is 9.88 Å². The van der Waals surface area contributed by atoms with Gasteiger partial charge >= 0.3 is 5.97 Å². The lowest BCUT2D eigenvalue weighted by atomic mass is 9.99. The highest BCUT2D eigenvalue weighted by Gasteiger charge is 2.19. The maximum absolute atomic E-state index is 10.9. The van der Waals surface area contributed by atoms with Gasteiger partial charge in [-0.05, 0) is 30.5 Å². The number of carboxylic acid groups (broad SMARTS) is 1. The van der Waals surface area contributed by atoms with Gasteiger partial charge in [0.2, 0.25) is 0 Å². The molecule has 1 aliphatic rings. The number of aliphatic carboxylic acids is 1. The summed E-state index contributed by atoms with van der Waals surface area (Å²) in [6, 6.07) is 8.20. The second-order valence-corrected chi connectivity index (χ2v) is 5.35. The number of fused-ring (bicyclic) bond motifs is 2. The molecular formula is C16H18N2O2. The molecule has 104 valence electrons. The fraction of sp³-hybridized carbons (Fsp3) is 0.375. The van der Waals surface area contributed by atoms with Gasteiger partial charge in [0.25, 0.3) is 0 Å². The minimum Gasteiger partial charge on any atom is -0.480 e. The number of pyridine rings is 1. The summed E-state index contributed by atoms with van der Waals surface area (Å²) in [5.41, 5.74) is 4.77. The first-order valence-electron chi connectivity index (χ1n) is 6.96. The van der Waals surface area contributed by atoms with E-state index in [1.807, 2.05) is 23.1 Å². The molecule has 0 radical (unpaired) electrons. The Morgan fingerprint density at radius 1 is 1.30 bits per heavy atom. The molecule has 1 N–H and O–H groups in total. The van der Waals surface area contributed by atoms with E-state index in [1.54, 1.807) is 0 Å². The normalized spacial score (nSPS) is 15.8. The van der Waals surface area contributed by atoms with E-state index in [0.717, 1.165) is 37.1 Å². The number of hydrogen-bond donors (Lipinski definition) is 1. The Hall–Kier alpha value is -1.94. The SMILES string of the molecule is Cc1c2c(nc3ccccc13)CCN(CC(=O)O)CC2. The maximum atomic E-state index is 10.9. The molecule has 1 aromatic carbocycles. The van der Waals surface area contributed by atoms with Crippen molar-refractivity contribution in [3.63, 3.8) is 0 Å². The molecule has 0 fully saturated rings. The van der Waals surface area contributed by atoms with Crippen LogP contribution in [0.3, 0.4) is 0 Å². The monoisotopic (exact) mass is 270 g/mol. The summed E-state index contributed by atoms with van der Waals surface area (Å²) >= 11 is 0. The number of benzene rings is 1. The van der Waals surface area contributed by atoms with Gasteiger partial charge in [-0.2, -0.15) is 0 Å². The lowest BCUT2D eigenvalue weighted by molar-refractivity contribution is -0.138. The summed E-state index contributed by atoms with van der Waals surface area (Å²) in [6.07, 6.45) is 1.71. The molecule has 0 saturated heterocycles. The van der Waals surface area contributed by atoms with Crippen molar-refractivity contribution in [3.05, 3.63) is 41.1 Å². The molecule has 0 unspecified atom stereocenters. The van der Waals surface area contributed by atoms with E-state index in [2.05, 4.69) is 13.0 Å². The smallest absolute Gasteiger partial charge is 0.317 e. The molecule has 1 aromatic heterocycles. The van der Waals surface area contributed by atoms with Crippen LogP contribution in [0.25, 0.3) is 10.9 Å². The van der Waals surface area contributed by atoms with E-state index in [9.17, 15) is 4.79 Å². The number of aromatic nitrogens is 1. The average molecular weight is 270 g/mol. The fourth-order valence-electron chi connectivity index (χ4n) is 3.01. The Labute approximate surface area is 118 Å². The standard InChI is InChI=1S/C16H18N2O2/c1-11-12-4-2-3-5-14(12)17-15-7-9-18(10-16(19)20)8-6-13(11)15/h2-5H,6-10H2,1H3,(H,19,20). The number of nitrogens with zero attached hydrogens (tertiary/aromatic N) is 2. The minimum atomic E-state index is -0.759. The number of para-hydroxylation sites is 1. The Balaban J connectivity index is 1.98. The van der Waals surface area contributed by atoms with Gasteiger partial charge in [-0.25, -0.2) is 0 Å². The molecule has 0 bridgehead atoms. The van der Waals surface area contributed by atoms with Crippen molar-refractivity contribution in [2.24, 2.45) is 0 Å². The van der Waals surface area contributed by atoms with Crippen LogP contribution in [0.1, 0.15) is 16.8 Å². The Morgan fingerprint density at radius 2 is 2.05 bits per heavy atom. The van der Waals surface area contributed by atoms with Crippen molar-refractivity contribution in [3.8, 4) is 0 Å². The highest BCUT2D eigenvalue weighted by atomic mass is 16.4. The number of hydrogen-bond acceptors (Lipinski definition) is 3. The van der Waals surface area contributed by atoms with E-state index in [-0.39, 0.29) is 6.54 Å². The van der Waals surface area contributed by atoms with Gasteiger partial charge in [-0.1, -0.05) is 18.2 Å². The van der Waals surface area contributed by atoms with E-state index in [4.69, 9.17) is 10.1 Å². The molecule has 2 aromatic rings. The molecule has 0 atom stereocenters. The number of aryl methyl sites for hydroxylation is 1. The third-order valence-electron chi connectivity index (χ3n) is 4.07. The summed E-state index contributed by atoms with van der Waals surface area (Å²) in [7, 11) is 0. The molecular weight excluding hydrogens is 252 g/mol. The van der Waals surface area contributed by atoms with Gasteiger partial charge in [0.1, 0.15) is 0 Å². The molecule has 20 heavy (non-hydrogen) atoms. The van der Waals surface area contributed by atoms with Crippen LogP contribution in [0.5, 0.6) is 0 Å². The van der Waals surface area contributed by atoms with Crippen LogP contribution >= 0.6 is 0 Å². The Bertz CT molecular complexity index is 667. The van der Waals surface area contributed by atoms with Crippen molar-refractivity contribution in [2.75, 3.05) is 19.6 Å². The van der Waals surface area contributed by atoms with E-state index < -0.39 is 5.97 Å². The maximum Gasteiger partial charge on any atom is 0.317 e. The molecule has 0 aliphatic carbocycles. The Morgan fingerprint density at radius 3 is 2.85 bits per heavy atom. The first kappa shape index (κ1) is 13.1. The van der Waals surface area contributed by atoms with Gasteiger partial charge in [0, 0.05) is 30.6 Å². The number of carboxylic acids is 1. The predicted molar refractivity (Wildman–Crippen MR) is 78.0 cm³/mol. The molecule has 0 spiro atoms. The summed E-state index contributed by atoms with van der Waals surface area (Å²) < 4.78 is 0. The van der Waals surface area contributed by atoms with Crippen LogP contribution in [-0.4, -0.2) is 40.6 Å². The van der Waals surface area contributed by atoms with Crippen LogP contribution < -0.4 is 0 Å². The van der Waals surface area contributed by atoms with E-state index in [1.165, 1.54) is 16.5 Å². The molecule has 4 nitrogen and oxygen atoms in total. The van der Waals surface area contributed by atoms with Gasteiger partial charge < -0.3 is 5.11 Å². The predicted octanol–water partition coefficient (Wildman–Crippen LogP) is 2.03. The van der Waals surface area contributed by atoms with Crippen molar-refractivity contribution < 1.29 is 9.90 Å². The van der Waals surface area contributed by atoms with Crippen molar-refractivity contribution >= 4 is 16.9 Å². The lowest BCUT2D eigenvalue weighted by Gasteiger charge is -2.16. The summed E-state index contributed by atoms with van der Waals surface area (Å²) in [6.45, 7) is 3.83. The zero-order valence-electron chi connectivity index (χ0n) is 11.6. The molecule has 3 rings (SSSR count). The largest absolute Gasteiger partial charge is 0.480 e. The summed E-state index contributed by atoms with van der Waals surface area (Å²) in [4.78, 5) is 17.6. The number of carbonyl (C=O) groups is 1. The highest BCUT2D eigenvalue weighted by Crippen LogP contribution is 2.25. The van der Waals surface area contributed by atoms with Crippen molar-refractivity contribution in [2.45, 2.75) is 19.8 Å². The first-order chi connectivity index (χ1) is 9.65. The van der Waals surface area contributed by atoms with E-state index in [0.29, 0.717) is 0 Å². The van der Waals surface area contributed by atoms with Gasteiger partial charge in [-0.3, -0.25) is 14.7 Å². The molecule has 0 saturated carbocycles. The number of rotatable bonds is 2. The molecule has 1 aliphatic heterocycles. The molecule has 2 heterocycles. The van der Waals surface area contributed by atoms with Gasteiger partial charge in [-0.15, -0.1) is 0 Å². The van der Waals surface area contributed by atoms with Crippen molar-refractivity contribution in [1.29, 1.82) is 0 Å². The van der Waals surface area contributed by atoms with Gasteiger partial charge in [0.05, 0.1) is 12.1 Å². The second kappa shape index (κ2) is 5.21. The Kier molecular flexibility index (Phi) is 3.40. The lowest BCUT2D eigenvalue weighted by Crippen LogP contribution is -2.31. The fourth-order valence-corrected chi connectivity index (χ4v) is 3.01.